The molecule has 4 heteroatoms. The van der Waals surface area contributed by atoms with E-state index in [-0.39, 0.29) is 12.1 Å². The molecule has 0 amide bonds. The molecule has 0 aliphatic carbocycles. The van der Waals surface area contributed by atoms with E-state index in [9.17, 15) is 4.79 Å². The highest BCUT2D eigenvalue weighted by Crippen LogP contribution is 2.24. The third-order valence-corrected chi connectivity index (χ3v) is 8.32. The lowest BCUT2D eigenvalue weighted by Crippen LogP contribution is -2.39. The van der Waals surface area contributed by atoms with Crippen LogP contribution in [0, 0.1) is 0 Å². The maximum Gasteiger partial charge on any atom is 0.330 e. The molecule has 1 unspecified atom stereocenters. The third kappa shape index (κ3) is 6.35. The van der Waals surface area contributed by atoms with E-state index in [1.807, 2.05) is 0 Å². The fourth-order valence-electron chi connectivity index (χ4n) is 2.09. The van der Waals surface area contributed by atoms with Gasteiger partial charge in [-0.1, -0.05) is 27.4 Å². The Morgan fingerprint density at radius 2 is 1.83 bits per heavy atom. The number of carbonyl (C=O) groups excluding carboxylic acids is 1. The maximum atomic E-state index is 10.9. The molecule has 3 nitrogen and oxygen atoms in total. The summed E-state index contributed by atoms with van der Waals surface area (Å²) < 4.78 is 11.2. The van der Waals surface area contributed by atoms with Crippen molar-refractivity contribution in [1.82, 2.24) is 0 Å². The lowest BCUT2D eigenvalue weighted by Gasteiger charge is -2.31. The van der Waals surface area contributed by atoms with E-state index in [2.05, 4.69) is 34.3 Å². The smallest absolute Gasteiger partial charge is 0.330 e. The van der Waals surface area contributed by atoms with Crippen LogP contribution in [0.25, 0.3) is 0 Å². The molecular formula is C14H28O3Si. The van der Waals surface area contributed by atoms with E-state index in [0.29, 0.717) is 6.61 Å². The lowest BCUT2D eigenvalue weighted by atomic mass is 10.2. The van der Waals surface area contributed by atoms with Gasteiger partial charge in [0.2, 0.25) is 0 Å². The van der Waals surface area contributed by atoms with Crippen molar-refractivity contribution < 1.29 is 14.0 Å². The van der Waals surface area contributed by atoms with Crippen LogP contribution in [-0.2, 0) is 14.0 Å². The molecule has 0 aromatic heterocycles. The van der Waals surface area contributed by atoms with Gasteiger partial charge in [0.1, 0.15) is 0 Å². The molecular weight excluding hydrogens is 244 g/mol. The van der Waals surface area contributed by atoms with Crippen molar-refractivity contribution in [3.63, 3.8) is 0 Å². The summed E-state index contributed by atoms with van der Waals surface area (Å²) >= 11 is 0. The topological polar surface area (TPSA) is 35.5 Å². The van der Waals surface area contributed by atoms with Crippen LogP contribution in [0.1, 0.15) is 40.5 Å². The van der Waals surface area contributed by atoms with Crippen molar-refractivity contribution in [3.8, 4) is 0 Å². The highest BCUT2D eigenvalue weighted by atomic mass is 28.4. The summed E-state index contributed by atoms with van der Waals surface area (Å²) in [4.78, 5) is 10.9. The first-order valence-electron chi connectivity index (χ1n) is 7.00. The summed E-state index contributed by atoms with van der Waals surface area (Å²) in [6.07, 6.45) is 3.25. The lowest BCUT2D eigenvalue weighted by molar-refractivity contribution is -0.137. The molecule has 0 saturated heterocycles. The van der Waals surface area contributed by atoms with Gasteiger partial charge in [-0.05, 0) is 37.9 Å². The number of hydrogen-bond acceptors (Lipinski definition) is 3. The fourth-order valence-corrected chi connectivity index (χ4v) is 5.06. The van der Waals surface area contributed by atoms with Crippen LogP contribution in [0.15, 0.2) is 12.7 Å². The van der Waals surface area contributed by atoms with Crippen LogP contribution >= 0.6 is 0 Å². The number of ether oxygens (including phenoxy) is 1. The second kappa shape index (κ2) is 9.33. The second-order valence-electron chi connectivity index (χ2n) is 4.69. The molecule has 0 saturated carbocycles. The Hall–Kier alpha value is -0.613. The van der Waals surface area contributed by atoms with Crippen molar-refractivity contribution in [2.75, 3.05) is 6.61 Å². The van der Waals surface area contributed by atoms with Crippen molar-refractivity contribution in [3.05, 3.63) is 12.7 Å². The van der Waals surface area contributed by atoms with E-state index in [4.69, 9.17) is 9.16 Å². The van der Waals surface area contributed by atoms with Crippen LogP contribution in [0.4, 0.5) is 0 Å². The number of hydrogen-bond donors (Lipinski definition) is 0. The minimum atomic E-state index is -1.49. The number of carbonyl (C=O) groups is 1. The number of esters is 1. The van der Waals surface area contributed by atoms with Crippen molar-refractivity contribution >= 4 is 14.3 Å². The monoisotopic (exact) mass is 272 g/mol. The molecule has 0 bridgehead atoms. The Kier molecular flexibility index (Phi) is 9.02. The van der Waals surface area contributed by atoms with Gasteiger partial charge in [0.05, 0.1) is 6.61 Å². The molecule has 0 radical (unpaired) electrons. The predicted molar refractivity (Wildman–Crippen MR) is 78.1 cm³/mol. The number of rotatable bonds is 10. The van der Waals surface area contributed by atoms with E-state index in [1.165, 1.54) is 24.2 Å². The molecule has 0 aromatic rings. The molecule has 0 aliphatic rings. The van der Waals surface area contributed by atoms with Crippen molar-refractivity contribution in [2.45, 2.75) is 64.8 Å². The van der Waals surface area contributed by atoms with Gasteiger partial charge in [-0.15, -0.1) is 0 Å². The van der Waals surface area contributed by atoms with Gasteiger partial charge < -0.3 is 9.16 Å². The van der Waals surface area contributed by atoms with Crippen molar-refractivity contribution in [2.24, 2.45) is 0 Å². The Morgan fingerprint density at radius 1 is 1.28 bits per heavy atom. The van der Waals surface area contributed by atoms with Gasteiger partial charge in [0.25, 0.3) is 0 Å². The van der Waals surface area contributed by atoms with Crippen LogP contribution in [-0.4, -0.2) is 27.0 Å². The quantitative estimate of drug-likeness (QED) is 0.262. The van der Waals surface area contributed by atoms with Crippen LogP contribution < -0.4 is 0 Å². The van der Waals surface area contributed by atoms with Gasteiger partial charge in [-0.2, -0.15) is 0 Å². The zero-order chi connectivity index (χ0) is 14.0. The van der Waals surface area contributed by atoms with E-state index >= 15 is 0 Å². The molecule has 1 atom stereocenters. The highest BCUT2D eigenvalue weighted by Gasteiger charge is 2.30. The Labute approximate surface area is 113 Å². The average molecular weight is 272 g/mol. The standard InChI is InChI=1S/C14H28O3Si/c1-6-14(15)16-12-10-11-13(5)17-18(7-2,8-3)9-4/h6,13H,1,7-12H2,2-5H3. The summed E-state index contributed by atoms with van der Waals surface area (Å²) in [5.74, 6) is -0.344. The molecule has 0 spiro atoms. The minimum Gasteiger partial charge on any atom is -0.463 e. The van der Waals surface area contributed by atoms with E-state index in [1.54, 1.807) is 0 Å². The second-order valence-corrected chi connectivity index (χ2v) is 9.41. The summed E-state index contributed by atoms with van der Waals surface area (Å²) in [5.41, 5.74) is 0. The molecule has 0 fully saturated rings. The van der Waals surface area contributed by atoms with Crippen molar-refractivity contribution in [1.29, 1.82) is 0 Å². The molecule has 0 heterocycles. The largest absolute Gasteiger partial charge is 0.463 e. The van der Waals surface area contributed by atoms with Gasteiger partial charge >= 0.3 is 5.97 Å². The zero-order valence-corrected chi connectivity index (χ0v) is 13.3. The van der Waals surface area contributed by atoms with Crippen LogP contribution in [0.3, 0.4) is 0 Å². The van der Waals surface area contributed by atoms with Gasteiger partial charge in [-0.3, -0.25) is 0 Å². The summed E-state index contributed by atoms with van der Waals surface area (Å²) in [7, 11) is -1.49. The summed E-state index contributed by atoms with van der Waals surface area (Å²) in [6.45, 7) is 12.6. The van der Waals surface area contributed by atoms with E-state index < -0.39 is 8.32 Å². The normalized spacial score (nSPS) is 13.1. The zero-order valence-electron chi connectivity index (χ0n) is 12.3. The fraction of sp³-hybridized carbons (Fsp3) is 0.786. The van der Waals surface area contributed by atoms with Gasteiger partial charge in [-0.25, -0.2) is 4.79 Å². The van der Waals surface area contributed by atoms with Crippen LogP contribution in [0.2, 0.25) is 18.1 Å². The molecule has 0 rings (SSSR count). The molecule has 0 aromatic carbocycles. The third-order valence-electron chi connectivity index (χ3n) is 3.55. The first kappa shape index (κ1) is 17.4. The molecule has 0 N–H and O–H groups in total. The minimum absolute atomic E-state index is 0.263. The van der Waals surface area contributed by atoms with Crippen LogP contribution in [0.5, 0.6) is 0 Å². The first-order chi connectivity index (χ1) is 8.53. The summed E-state index contributed by atoms with van der Waals surface area (Å²) in [6, 6.07) is 3.53. The first-order valence-corrected chi connectivity index (χ1v) is 9.53. The predicted octanol–water partition coefficient (Wildman–Crippen LogP) is 3.91. The van der Waals surface area contributed by atoms with Gasteiger partial charge in [0, 0.05) is 12.2 Å². The maximum absolute atomic E-state index is 10.9. The Morgan fingerprint density at radius 3 is 2.28 bits per heavy atom. The molecule has 0 aliphatic heterocycles. The average Bonchev–Trinajstić information content (AvgIpc) is 2.40. The Bertz CT molecular complexity index is 241. The summed E-state index contributed by atoms with van der Waals surface area (Å²) in [5, 5.41) is 0. The molecule has 18 heavy (non-hydrogen) atoms. The van der Waals surface area contributed by atoms with Gasteiger partial charge in [0.15, 0.2) is 8.32 Å². The SMILES string of the molecule is C=CC(=O)OCCCC(C)O[Si](CC)(CC)CC. The molecule has 106 valence electrons. The highest BCUT2D eigenvalue weighted by molar-refractivity contribution is 6.73. The van der Waals surface area contributed by atoms with E-state index in [0.717, 1.165) is 12.8 Å². The Balaban J connectivity index is 3.92.